The van der Waals surface area contributed by atoms with Crippen molar-refractivity contribution in [1.82, 2.24) is 0 Å². The Hall–Kier alpha value is -2.37. The van der Waals surface area contributed by atoms with E-state index in [1.54, 1.807) is 0 Å². The molecule has 6 nitrogen and oxygen atoms in total. The van der Waals surface area contributed by atoms with E-state index in [1.165, 1.54) is 276 Å². The zero-order valence-corrected chi connectivity index (χ0v) is 52.0. The molecule has 77 heavy (non-hydrogen) atoms. The van der Waals surface area contributed by atoms with Crippen LogP contribution in [0.1, 0.15) is 380 Å². The van der Waals surface area contributed by atoms with Gasteiger partial charge in [-0.25, -0.2) is 0 Å². The molecular formula is C71H132O6. The van der Waals surface area contributed by atoms with Gasteiger partial charge in [-0.15, -0.1) is 0 Å². The lowest BCUT2D eigenvalue weighted by Crippen LogP contribution is -2.30. The Bertz CT molecular complexity index is 1290. The molecule has 0 saturated heterocycles. The summed E-state index contributed by atoms with van der Waals surface area (Å²) in [5.41, 5.74) is 0. The zero-order chi connectivity index (χ0) is 55.7. The van der Waals surface area contributed by atoms with E-state index in [0.29, 0.717) is 19.3 Å². The highest BCUT2D eigenvalue weighted by Crippen LogP contribution is 2.18. The fraction of sp³-hybridized carbons (Fsp3) is 0.873. The van der Waals surface area contributed by atoms with Crippen molar-refractivity contribution >= 4 is 17.9 Å². The molecule has 452 valence electrons. The van der Waals surface area contributed by atoms with Crippen molar-refractivity contribution in [2.45, 2.75) is 386 Å². The average molecular weight is 1080 g/mol. The Morgan fingerprint density at radius 1 is 0.260 bits per heavy atom. The topological polar surface area (TPSA) is 78.9 Å². The van der Waals surface area contributed by atoms with Crippen LogP contribution in [-0.2, 0) is 28.6 Å². The molecule has 0 radical (unpaired) electrons. The molecule has 0 rings (SSSR count). The van der Waals surface area contributed by atoms with Crippen LogP contribution < -0.4 is 0 Å². The predicted octanol–water partition coefficient (Wildman–Crippen LogP) is 23.6. The number of hydrogen-bond acceptors (Lipinski definition) is 6. The molecule has 1 atom stereocenters. The fourth-order valence-electron chi connectivity index (χ4n) is 10.4. The minimum absolute atomic E-state index is 0.0681. The maximum Gasteiger partial charge on any atom is 0.306 e. The van der Waals surface area contributed by atoms with Gasteiger partial charge in [0.15, 0.2) is 6.10 Å². The van der Waals surface area contributed by atoms with E-state index in [1.807, 2.05) is 0 Å². The van der Waals surface area contributed by atoms with Gasteiger partial charge in [0.1, 0.15) is 13.2 Å². The Labute approximate surface area is 480 Å². The second kappa shape index (κ2) is 66.1. The lowest BCUT2D eigenvalue weighted by atomic mass is 10.0. The molecule has 0 heterocycles. The van der Waals surface area contributed by atoms with Crippen LogP contribution in [0.2, 0.25) is 0 Å². The van der Waals surface area contributed by atoms with Crippen LogP contribution >= 0.6 is 0 Å². The summed E-state index contributed by atoms with van der Waals surface area (Å²) >= 11 is 0. The van der Waals surface area contributed by atoms with Gasteiger partial charge in [-0.1, -0.05) is 320 Å². The number of ether oxygens (including phenoxy) is 3. The first kappa shape index (κ1) is 74.6. The number of hydrogen-bond donors (Lipinski definition) is 0. The van der Waals surface area contributed by atoms with Gasteiger partial charge in [0.2, 0.25) is 0 Å². The van der Waals surface area contributed by atoms with E-state index in [-0.39, 0.29) is 31.1 Å². The molecule has 1 unspecified atom stereocenters. The van der Waals surface area contributed by atoms with Gasteiger partial charge in [0.05, 0.1) is 0 Å². The third-order valence-electron chi connectivity index (χ3n) is 15.6. The quantitative estimate of drug-likeness (QED) is 0.0261. The number of carbonyl (C=O) groups excluding carboxylic acids is 3. The molecule has 0 amide bonds. The molecule has 0 bridgehead atoms. The molecule has 0 aromatic rings. The second-order valence-corrected chi connectivity index (χ2v) is 23.4. The third-order valence-corrected chi connectivity index (χ3v) is 15.6. The van der Waals surface area contributed by atoms with E-state index in [9.17, 15) is 14.4 Å². The molecule has 0 spiro atoms. The number of carbonyl (C=O) groups is 3. The summed E-state index contributed by atoms with van der Waals surface area (Å²) in [5, 5.41) is 0. The molecule has 0 N–H and O–H groups in total. The van der Waals surface area contributed by atoms with Crippen LogP contribution in [0, 0.1) is 0 Å². The minimum atomic E-state index is -0.770. The van der Waals surface area contributed by atoms with E-state index in [4.69, 9.17) is 14.2 Å². The summed E-state index contributed by atoms with van der Waals surface area (Å²) in [6, 6.07) is 0. The highest BCUT2D eigenvalue weighted by atomic mass is 16.6. The van der Waals surface area contributed by atoms with Crippen molar-refractivity contribution < 1.29 is 28.6 Å². The highest BCUT2D eigenvalue weighted by Gasteiger charge is 2.19. The Balaban J connectivity index is 4.10. The summed E-state index contributed by atoms with van der Waals surface area (Å²) < 4.78 is 16.9. The van der Waals surface area contributed by atoms with Crippen LogP contribution in [0.15, 0.2) is 36.5 Å². The summed E-state index contributed by atoms with van der Waals surface area (Å²) in [7, 11) is 0. The fourth-order valence-corrected chi connectivity index (χ4v) is 10.4. The summed E-state index contributed by atoms with van der Waals surface area (Å²) in [6.07, 6.45) is 81.8. The first-order valence-corrected chi connectivity index (χ1v) is 34.5. The van der Waals surface area contributed by atoms with E-state index >= 15 is 0 Å². The second-order valence-electron chi connectivity index (χ2n) is 23.4. The Morgan fingerprint density at radius 3 is 0.727 bits per heavy atom. The van der Waals surface area contributed by atoms with Crippen LogP contribution in [0.5, 0.6) is 0 Å². The molecule has 0 aliphatic carbocycles. The van der Waals surface area contributed by atoms with Gasteiger partial charge in [0.25, 0.3) is 0 Å². The Morgan fingerprint density at radius 2 is 0.468 bits per heavy atom. The van der Waals surface area contributed by atoms with Gasteiger partial charge in [-0.2, -0.15) is 0 Å². The molecule has 0 aromatic carbocycles. The molecule has 6 heteroatoms. The molecule has 0 saturated carbocycles. The van der Waals surface area contributed by atoms with E-state index in [2.05, 4.69) is 57.2 Å². The molecule has 0 aromatic heterocycles. The molecule has 0 aliphatic rings. The Kier molecular flexibility index (Phi) is 64.1. The molecule has 0 aliphatic heterocycles. The largest absolute Gasteiger partial charge is 0.462 e. The predicted molar refractivity (Wildman–Crippen MR) is 335 cm³/mol. The smallest absolute Gasteiger partial charge is 0.306 e. The molecule has 0 fully saturated rings. The number of allylic oxidation sites excluding steroid dienone is 6. The van der Waals surface area contributed by atoms with Crippen molar-refractivity contribution in [3.05, 3.63) is 36.5 Å². The SMILES string of the molecule is CCCCCCC/C=C\C/C=C\CCCCCCCCCCCCCCCCCCCCCC(=O)OCC(COC(=O)CCCCCCCCCCCCC)OC(=O)CCCCCCCCC/C=C\CCCCCCCC. The van der Waals surface area contributed by atoms with Gasteiger partial charge >= 0.3 is 17.9 Å². The van der Waals surface area contributed by atoms with E-state index in [0.717, 1.165) is 64.2 Å². The maximum atomic E-state index is 12.9. The third kappa shape index (κ3) is 64.3. The lowest BCUT2D eigenvalue weighted by molar-refractivity contribution is -0.167. The van der Waals surface area contributed by atoms with Gasteiger partial charge in [0, 0.05) is 19.3 Å². The monoisotopic (exact) mass is 1080 g/mol. The average Bonchev–Trinajstić information content (AvgIpc) is 3.43. The van der Waals surface area contributed by atoms with Crippen LogP contribution in [0.25, 0.3) is 0 Å². The first-order valence-electron chi connectivity index (χ1n) is 34.5. The van der Waals surface area contributed by atoms with Gasteiger partial charge in [-0.05, 0) is 77.0 Å². The van der Waals surface area contributed by atoms with Crippen molar-refractivity contribution in [3.63, 3.8) is 0 Å². The van der Waals surface area contributed by atoms with Crippen molar-refractivity contribution in [1.29, 1.82) is 0 Å². The lowest BCUT2D eigenvalue weighted by Gasteiger charge is -2.18. The van der Waals surface area contributed by atoms with Crippen molar-refractivity contribution in [3.8, 4) is 0 Å². The van der Waals surface area contributed by atoms with Gasteiger partial charge < -0.3 is 14.2 Å². The highest BCUT2D eigenvalue weighted by molar-refractivity contribution is 5.71. The van der Waals surface area contributed by atoms with Gasteiger partial charge in [-0.3, -0.25) is 14.4 Å². The number of unbranched alkanes of at least 4 members (excludes halogenated alkanes) is 47. The van der Waals surface area contributed by atoms with Crippen LogP contribution in [-0.4, -0.2) is 37.2 Å². The van der Waals surface area contributed by atoms with Crippen LogP contribution in [0.4, 0.5) is 0 Å². The maximum absolute atomic E-state index is 12.9. The number of esters is 3. The standard InChI is InChI=1S/C71H132O6/c1-4-7-10-13-16-19-22-24-26-28-29-30-31-32-33-34-35-36-37-38-39-40-41-43-44-46-49-52-55-58-61-64-70(73)76-67-68(66-75-69(72)63-60-57-54-51-48-21-18-15-12-9-6-3)77-71(74)65-62-59-56-53-50-47-45-42-27-25-23-20-17-14-11-8-5-2/h22,24-25,27-29,68H,4-21,23,26,30-67H2,1-3H3/b24-22-,27-25-,29-28-. The van der Waals surface area contributed by atoms with Crippen molar-refractivity contribution in [2.75, 3.05) is 13.2 Å². The zero-order valence-electron chi connectivity index (χ0n) is 52.0. The summed E-state index contributed by atoms with van der Waals surface area (Å²) in [6.45, 7) is 6.68. The molecular weight excluding hydrogens is 949 g/mol. The normalized spacial score (nSPS) is 12.2. The van der Waals surface area contributed by atoms with Crippen molar-refractivity contribution in [2.24, 2.45) is 0 Å². The van der Waals surface area contributed by atoms with Crippen LogP contribution in [0.3, 0.4) is 0 Å². The number of rotatable bonds is 64. The first-order chi connectivity index (χ1) is 38.0. The van der Waals surface area contributed by atoms with E-state index < -0.39 is 6.10 Å². The summed E-state index contributed by atoms with van der Waals surface area (Å²) in [5.74, 6) is -0.847. The minimum Gasteiger partial charge on any atom is -0.462 e. The summed E-state index contributed by atoms with van der Waals surface area (Å²) in [4.78, 5) is 38.3.